The molecule has 8 nitrogen and oxygen atoms in total. The first-order valence-corrected chi connectivity index (χ1v) is 11.7. The standard InChI is InChI=1S/C27H21N3O5/c1-26-27(33,25(32)34-2)11-18(35-26)29-16-9-5-3-7-13(16)20-21-15(12-28-24(21)31)19-14-8-4-6-10-17(14)30(26)23(19)22(20)29/h3-10,18,33H,11-12H2,1-2H3,(H,28,31)/t18-,26-,27+/m0/s1. The number of nitrogens with zero attached hydrogens (tertiary/aromatic N) is 2. The highest BCUT2D eigenvalue weighted by atomic mass is 16.6. The second kappa shape index (κ2) is 5.84. The summed E-state index contributed by atoms with van der Waals surface area (Å²) in [6.07, 6.45) is -0.628. The van der Waals surface area contributed by atoms with Gasteiger partial charge < -0.3 is 29.0 Å². The zero-order chi connectivity index (χ0) is 23.9. The lowest BCUT2D eigenvalue weighted by Gasteiger charge is -2.37. The van der Waals surface area contributed by atoms with Crippen LogP contribution in [0.5, 0.6) is 0 Å². The number of hydrogen-bond donors (Lipinski definition) is 2. The van der Waals surface area contributed by atoms with Gasteiger partial charge in [-0.3, -0.25) is 4.79 Å². The average molecular weight is 467 g/mol. The van der Waals surface area contributed by atoms with Gasteiger partial charge in [-0.2, -0.15) is 0 Å². The number of rotatable bonds is 1. The van der Waals surface area contributed by atoms with Crippen LogP contribution >= 0.6 is 0 Å². The monoisotopic (exact) mass is 467 g/mol. The van der Waals surface area contributed by atoms with Crippen LogP contribution in [-0.4, -0.2) is 38.8 Å². The highest BCUT2D eigenvalue weighted by molar-refractivity contribution is 6.31. The third-order valence-corrected chi connectivity index (χ3v) is 8.36. The topological polar surface area (TPSA) is 94.7 Å². The van der Waals surface area contributed by atoms with E-state index in [1.165, 1.54) is 7.11 Å². The Bertz CT molecular complexity index is 1830. The Balaban J connectivity index is 1.73. The first-order valence-electron chi connectivity index (χ1n) is 11.7. The fraction of sp³-hybridized carbons (Fsp3) is 0.259. The van der Waals surface area contributed by atoms with E-state index < -0.39 is 23.5 Å². The molecule has 0 spiro atoms. The number of para-hydroxylation sites is 2. The number of amides is 1. The van der Waals surface area contributed by atoms with E-state index in [0.29, 0.717) is 12.1 Å². The molecule has 3 aliphatic rings. The number of esters is 1. The number of nitrogens with one attached hydrogen (secondary N) is 1. The molecule has 8 heteroatoms. The number of hydrogen-bond acceptors (Lipinski definition) is 5. The molecule has 2 bridgehead atoms. The maximum absolute atomic E-state index is 13.2. The number of carbonyl (C=O) groups is 2. The van der Waals surface area contributed by atoms with Gasteiger partial charge in [0.1, 0.15) is 6.23 Å². The Morgan fingerprint density at radius 2 is 1.77 bits per heavy atom. The number of benzene rings is 3. The van der Waals surface area contributed by atoms with Gasteiger partial charge in [0.25, 0.3) is 5.91 Å². The summed E-state index contributed by atoms with van der Waals surface area (Å²) in [5.74, 6) is -0.822. The van der Waals surface area contributed by atoms with E-state index in [-0.39, 0.29) is 12.3 Å². The second-order valence-corrected chi connectivity index (χ2v) is 9.83. The summed E-state index contributed by atoms with van der Waals surface area (Å²) in [7, 11) is 1.28. The van der Waals surface area contributed by atoms with Gasteiger partial charge in [0.15, 0.2) is 5.72 Å². The van der Waals surface area contributed by atoms with Gasteiger partial charge in [-0.25, -0.2) is 4.79 Å². The molecule has 3 aromatic carbocycles. The van der Waals surface area contributed by atoms with Gasteiger partial charge in [0.05, 0.1) is 34.7 Å². The molecule has 1 amide bonds. The molecule has 1 saturated heterocycles. The quantitative estimate of drug-likeness (QED) is 0.367. The van der Waals surface area contributed by atoms with Crippen molar-refractivity contribution >= 4 is 55.5 Å². The Labute approximate surface area is 198 Å². The first-order chi connectivity index (χ1) is 16.9. The predicted molar refractivity (Wildman–Crippen MR) is 129 cm³/mol. The number of carbonyl (C=O) groups excluding carboxylic acids is 2. The van der Waals surface area contributed by atoms with Gasteiger partial charge in [0, 0.05) is 34.5 Å². The molecule has 35 heavy (non-hydrogen) atoms. The minimum Gasteiger partial charge on any atom is -0.467 e. The zero-order valence-electron chi connectivity index (χ0n) is 19.1. The Morgan fingerprint density at radius 1 is 1.09 bits per heavy atom. The minimum absolute atomic E-state index is 0.0146. The van der Waals surface area contributed by atoms with Crippen LogP contribution in [0.4, 0.5) is 0 Å². The molecule has 0 radical (unpaired) electrons. The molecular weight excluding hydrogens is 446 g/mol. The molecule has 0 saturated carbocycles. The maximum atomic E-state index is 13.2. The van der Waals surface area contributed by atoms with Crippen molar-refractivity contribution in [3.8, 4) is 0 Å². The van der Waals surface area contributed by atoms with Crippen LogP contribution in [-0.2, 0) is 26.5 Å². The van der Waals surface area contributed by atoms with Crippen LogP contribution in [0.1, 0.15) is 35.5 Å². The molecule has 2 N–H and O–H groups in total. The fourth-order valence-electron chi connectivity index (χ4n) is 6.89. The van der Waals surface area contributed by atoms with Crippen LogP contribution in [0.15, 0.2) is 48.5 Å². The summed E-state index contributed by atoms with van der Waals surface area (Å²) >= 11 is 0. The maximum Gasteiger partial charge on any atom is 0.343 e. The van der Waals surface area contributed by atoms with Crippen molar-refractivity contribution in [3.05, 3.63) is 59.7 Å². The van der Waals surface area contributed by atoms with Crippen molar-refractivity contribution in [2.75, 3.05) is 7.11 Å². The first kappa shape index (κ1) is 19.4. The lowest BCUT2D eigenvalue weighted by atomic mass is 9.88. The van der Waals surface area contributed by atoms with Crippen molar-refractivity contribution in [1.29, 1.82) is 0 Å². The number of ether oxygens (including phenoxy) is 2. The molecule has 3 aliphatic heterocycles. The predicted octanol–water partition coefficient (Wildman–Crippen LogP) is 3.66. The van der Waals surface area contributed by atoms with Gasteiger partial charge in [-0.05, 0) is 24.6 Å². The second-order valence-electron chi connectivity index (χ2n) is 9.83. The molecule has 2 aromatic heterocycles. The summed E-state index contributed by atoms with van der Waals surface area (Å²) in [5.41, 5.74) is 1.69. The highest BCUT2D eigenvalue weighted by Gasteiger charge is 2.65. The van der Waals surface area contributed by atoms with Gasteiger partial charge in [0.2, 0.25) is 5.60 Å². The van der Waals surface area contributed by atoms with Gasteiger partial charge in [-0.1, -0.05) is 36.4 Å². The van der Waals surface area contributed by atoms with Crippen LogP contribution in [0.25, 0.3) is 43.6 Å². The van der Waals surface area contributed by atoms with E-state index in [0.717, 1.165) is 49.2 Å². The molecule has 8 rings (SSSR count). The summed E-state index contributed by atoms with van der Waals surface area (Å²) in [4.78, 5) is 26.3. The van der Waals surface area contributed by atoms with Crippen molar-refractivity contribution < 1.29 is 24.2 Å². The Kier molecular flexibility index (Phi) is 3.24. The smallest absolute Gasteiger partial charge is 0.343 e. The van der Waals surface area contributed by atoms with Crippen molar-refractivity contribution in [3.63, 3.8) is 0 Å². The number of aliphatic hydroxyl groups is 1. The molecule has 174 valence electrons. The third kappa shape index (κ3) is 1.89. The molecule has 0 aliphatic carbocycles. The Morgan fingerprint density at radius 3 is 2.51 bits per heavy atom. The van der Waals surface area contributed by atoms with Crippen molar-refractivity contribution in [1.82, 2.24) is 14.5 Å². The van der Waals surface area contributed by atoms with Crippen LogP contribution in [0, 0.1) is 0 Å². The molecule has 5 heterocycles. The summed E-state index contributed by atoms with van der Waals surface area (Å²) in [6.45, 7) is 2.17. The summed E-state index contributed by atoms with van der Waals surface area (Å²) in [6, 6.07) is 15.8. The average Bonchev–Trinajstić information content (AvgIpc) is 3.55. The molecule has 1 fully saturated rings. The van der Waals surface area contributed by atoms with Gasteiger partial charge >= 0.3 is 5.97 Å². The van der Waals surface area contributed by atoms with E-state index in [2.05, 4.69) is 9.88 Å². The van der Waals surface area contributed by atoms with E-state index in [9.17, 15) is 14.7 Å². The van der Waals surface area contributed by atoms with Crippen LogP contribution in [0.3, 0.4) is 0 Å². The molecule has 0 unspecified atom stereocenters. The largest absolute Gasteiger partial charge is 0.467 e. The van der Waals surface area contributed by atoms with E-state index in [1.54, 1.807) is 6.92 Å². The van der Waals surface area contributed by atoms with E-state index in [4.69, 9.17) is 9.47 Å². The minimum atomic E-state index is -1.93. The number of methoxy groups -OCH3 is 1. The fourth-order valence-corrected chi connectivity index (χ4v) is 6.89. The van der Waals surface area contributed by atoms with Crippen molar-refractivity contribution in [2.45, 2.75) is 37.4 Å². The summed E-state index contributed by atoms with van der Waals surface area (Å²) in [5, 5.41) is 18.7. The lowest BCUT2D eigenvalue weighted by Crippen LogP contribution is -2.56. The van der Waals surface area contributed by atoms with E-state index in [1.807, 2.05) is 53.1 Å². The highest BCUT2D eigenvalue weighted by Crippen LogP contribution is 2.57. The van der Waals surface area contributed by atoms with Gasteiger partial charge in [-0.15, -0.1) is 0 Å². The lowest BCUT2D eigenvalue weighted by molar-refractivity contribution is -0.202. The zero-order valence-corrected chi connectivity index (χ0v) is 19.1. The SMILES string of the molecule is COC(=O)[C@]1(O)C[C@@H]2O[C@]1(C)n1c3ccccc3c3c4c(c5c6ccccc6n2c5c31)C(=O)NC4. The van der Waals surface area contributed by atoms with Crippen LogP contribution in [0.2, 0.25) is 0 Å². The summed E-state index contributed by atoms with van der Waals surface area (Å²) < 4.78 is 15.8. The Hall–Kier alpha value is -3.88. The third-order valence-electron chi connectivity index (χ3n) is 8.36. The normalized spacial score (nSPS) is 26.7. The number of fused-ring (bicyclic) bond motifs is 13. The molecule has 3 atom stereocenters. The number of aromatic nitrogens is 2. The molecular formula is C27H21N3O5. The van der Waals surface area contributed by atoms with Crippen molar-refractivity contribution in [2.24, 2.45) is 0 Å². The van der Waals surface area contributed by atoms with Crippen LogP contribution < -0.4 is 5.32 Å². The molecule has 5 aromatic rings. The van der Waals surface area contributed by atoms with E-state index >= 15 is 0 Å².